The van der Waals surface area contributed by atoms with E-state index >= 15 is 0 Å². The maximum absolute atomic E-state index is 6.16. The molecule has 0 N–H and O–H groups in total. The van der Waals surface area contributed by atoms with Crippen LogP contribution in [-0.4, -0.2) is 15.0 Å². The van der Waals surface area contributed by atoms with Crippen LogP contribution in [-0.2, 0) is 0 Å². The average Bonchev–Trinajstić information content (AvgIpc) is 2.43. The first-order chi connectivity index (χ1) is 9.16. The van der Waals surface area contributed by atoms with E-state index in [0.717, 1.165) is 16.5 Å². The predicted octanol–water partition coefficient (Wildman–Crippen LogP) is 4.76. The topological polar surface area (TPSA) is 38.7 Å². The van der Waals surface area contributed by atoms with Crippen molar-refractivity contribution < 1.29 is 0 Å². The standard InChI is InChI=1S/C13H6BrCl2N3/c14-9-6-18-13(19-12(9)16)8-3-4-10(15)7-2-1-5-17-11(7)8/h1-6H. The number of rotatable bonds is 1. The van der Waals surface area contributed by atoms with Gasteiger partial charge in [-0.25, -0.2) is 9.97 Å². The lowest BCUT2D eigenvalue weighted by Gasteiger charge is -2.06. The Bertz CT molecular complexity index is 777. The summed E-state index contributed by atoms with van der Waals surface area (Å²) in [6, 6.07) is 7.40. The van der Waals surface area contributed by atoms with Crippen molar-refractivity contribution in [3.05, 3.63) is 51.3 Å². The second-order valence-electron chi connectivity index (χ2n) is 3.83. The zero-order valence-corrected chi connectivity index (χ0v) is 12.5. The molecule has 19 heavy (non-hydrogen) atoms. The Labute approximate surface area is 127 Å². The Hall–Kier alpha value is -1.23. The van der Waals surface area contributed by atoms with Gasteiger partial charge in [-0.2, -0.15) is 0 Å². The van der Waals surface area contributed by atoms with E-state index in [0.29, 0.717) is 20.5 Å². The summed E-state index contributed by atoms with van der Waals surface area (Å²) < 4.78 is 0.657. The van der Waals surface area contributed by atoms with Gasteiger partial charge in [0.1, 0.15) is 5.15 Å². The molecule has 1 aromatic carbocycles. The molecule has 0 saturated heterocycles. The Morgan fingerprint density at radius 3 is 2.68 bits per heavy atom. The highest BCUT2D eigenvalue weighted by atomic mass is 79.9. The second kappa shape index (κ2) is 5.04. The first-order valence-corrected chi connectivity index (χ1v) is 6.93. The summed E-state index contributed by atoms with van der Waals surface area (Å²) in [4.78, 5) is 12.9. The Morgan fingerprint density at radius 2 is 1.89 bits per heavy atom. The van der Waals surface area contributed by atoms with E-state index in [1.54, 1.807) is 18.5 Å². The first-order valence-electron chi connectivity index (χ1n) is 5.38. The fourth-order valence-corrected chi connectivity index (χ4v) is 2.33. The summed E-state index contributed by atoms with van der Waals surface area (Å²) >= 11 is 15.4. The monoisotopic (exact) mass is 353 g/mol. The molecule has 2 heterocycles. The molecule has 0 amide bonds. The first kappa shape index (κ1) is 12.8. The third-order valence-electron chi connectivity index (χ3n) is 2.66. The molecule has 0 aliphatic carbocycles. The molecule has 0 fully saturated rings. The second-order valence-corrected chi connectivity index (χ2v) is 5.45. The lowest BCUT2D eigenvalue weighted by molar-refractivity contribution is 1.16. The van der Waals surface area contributed by atoms with Crippen LogP contribution in [0.4, 0.5) is 0 Å². The number of halogens is 3. The van der Waals surface area contributed by atoms with Crippen molar-refractivity contribution in [2.24, 2.45) is 0 Å². The zero-order valence-electron chi connectivity index (χ0n) is 9.44. The Kier molecular flexibility index (Phi) is 3.39. The molecular weight excluding hydrogens is 349 g/mol. The van der Waals surface area contributed by atoms with Crippen LogP contribution in [0.25, 0.3) is 22.3 Å². The lowest BCUT2D eigenvalue weighted by atomic mass is 10.1. The normalized spacial score (nSPS) is 10.9. The van der Waals surface area contributed by atoms with Gasteiger partial charge in [0.05, 0.1) is 15.0 Å². The number of benzene rings is 1. The van der Waals surface area contributed by atoms with Crippen molar-refractivity contribution in [1.82, 2.24) is 15.0 Å². The molecule has 94 valence electrons. The molecule has 0 radical (unpaired) electrons. The molecule has 3 rings (SSSR count). The molecule has 0 spiro atoms. The molecule has 0 unspecified atom stereocenters. The van der Waals surface area contributed by atoms with Gasteiger partial charge in [-0.05, 0) is 40.2 Å². The van der Waals surface area contributed by atoms with Gasteiger partial charge < -0.3 is 0 Å². The molecule has 0 atom stereocenters. The largest absolute Gasteiger partial charge is 0.255 e. The molecule has 0 aliphatic rings. The molecule has 2 aromatic heterocycles. The highest BCUT2D eigenvalue weighted by molar-refractivity contribution is 9.10. The number of hydrogen-bond donors (Lipinski definition) is 0. The molecule has 6 heteroatoms. The van der Waals surface area contributed by atoms with Crippen LogP contribution in [0, 0.1) is 0 Å². The Morgan fingerprint density at radius 1 is 1.05 bits per heavy atom. The van der Waals surface area contributed by atoms with Gasteiger partial charge in [0.2, 0.25) is 0 Å². The van der Waals surface area contributed by atoms with Gasteiger partial charge in [0.25, 0.3) is 0 Å². The van der Waals surface area contributed by atoms with Crippen LogP contribution in [0.3, 0.4) is 0 Å². The van der Waals surface area contributed by atoms with Crippen LogP contribution >= 0.6 is 39.1 Å². The van der Waals surface area contributed by atoms with E-state index in [-0.39, 0.29) is 0 Å². The van der Waals surface area contributed by atoms with Crippen molar-refractivity contribution >= 4 is 50.0 Å². The minimum absolute atomic E-state index is 0.365. The number of hydrogen-bond acceptors (Lipinski definition) is 3. The van der Waals surface area contributed by atoms with Crippen molar-refractivity contribution in [1.29, 1.82) is 0 Å². The summed E-state index contributed by atoms with van der Waals surface area (Å²) in [6.45, 7) is 0. The van der Waals surface area contributed by atoms with Gasteiger partial charge >= 0.3 is 0 Å². The van der Waals surface area contributed by atoms with Crippen molar-refractivity contribution in [2.75, 3.05) is 0 Å². The highest BCUT2D eigenvalue weighted by Gasteiger charge is 2.11. The van der Waals surface area contributed by atoms with Crippen molar-refractivity contribution in [2.45, 2.75) is 0 Å². The maximum Gasteiger partial charge on any atom is 0.163 e. The van der Waals surface area contributed by atoms with E-state index in [1.165, 1.54) is 0 Å². The molecule has 3 aromatic rings. The van der Waals surface area contributed by atoms with Gasteiger partial charge in [0.15, 0.2) is 5.82 Å². The summed E-state index contributed by atoms with van der Waals surface area (Å²) in [6.07, 6.45) is 3.33. The number of pyridine rings is 1. The van der Waals surface area contributed by atoms with Crippen LogP contribution in [0.1, 0.15) is 0 Å². The summed E-state index contributed by atoms with van der Waals surface area (Å²) in [5.41, 5.74) is 1.56. The highest BCUT2D eigenvalue weighted by Crippen LogP contribution is 2.31. The maximum atomic E-state index is 6.16. The number of fused-ring (bicyclic) bond motifs is 1. The van der Waals surface area contributed by atoms with Gasteiger partial charge in [-0.15, -0.1) is 0 Å². The molecular formula is C13H6BrCl2N3. The van der Waals surface area contributed by atoms with E-state index in [1.807, 2.05) is 18.2 Å². The predicted molar refractivity (Wildman–Crippen MR) is 80.5 cm³/mol. The van der Waals surface area contributed by atoms with E-state index in [2.05, 4.69) is 30.9 Å². The third kappa shape index (κ3) is 2.31. The van der Waals surface area contributed by atoms with Crippen LogP contribution in [0.5, 0.6) is 0 Å². The fraction of sp³-hybridized carbons (Fsp3) is 0. The molecule has 0 bridgehead atoms. The van der Waals surface area contributed by atoms with Crippen LogP contribution in [0.2, 0.25) is 10.2 Å². The fourth-order valence-electron chi connectivity index (χ4n) is 1.79. The third-order valence-corrected chi connectivity index (χ3v) is 4.08. The number of aromatic nitrogens is 3. The zero-order chi connectivity index (χ0) is 13.4. The summed E-state index contributed by atoms with van der Waals surface area (Å²) in [5.74, 6) is 0.522. The lowest BCUT2D eigenvalue weighted by Crippen LogP contribution is -1.92. The SMILES string of the molecule is Clc1nc(-c2ccc(Cl)c3cccnc23)ncc1Br. The minimum atomic E-state index is 0.365. The smallest absolute Gasteiger partial charge is 0.163 e. The van der Waals surface area contributed by atoms with Crippen LogP contribution in [0.15, 0.2) is 41.1 Å². The summed E-state index contributed by atoms with van der Waals surface area (Å²) in [7, 11) is 0. The molecule has 0 aliphatic heterocycles. The Balaban J connectivity index is 2.31. The van der Waals surface area contributed by atoms with E-state index < -0.39 is 0 Å². The minimum Gasteiger partial charge on any atom is -0.255 e. The van der Waals surface area contributed by atoms with Crippen LogP contribution < -0.4 is 0 Å². The van der Waals surface area contributed by atoms with Gasteiger partial charge in [-0.3, -0.25) is 4.98 Å². The quantitative estimate of drug-likeness (QED) is 0.591. The van der Waals surface area contributed by atoms with Gasteiger partial charge in [-0.1, -0.05) is 23.2 Å². The molecule has 3 nitrogen and oxygen atoms in total. The van der Waals surface area contributed by atoms with Crippen molar-refractivity contribution in [3.8, 4) is 11.4 Å². The summed E-state index contributed by atoms with van der Waals surface area (Å²) in [5, 5.41) is 1.88. The van der Waals surface area contributed by atoms with E-state index in [4.69, 9.17) is 23.2 Å². The van der Waals surface area contributed by atoms with Crippen molar-refractivity contribution in [3.63, 3.8) is 0 Å². The van der Waals surface area contributed by atoms with E-state index in [9.17, 15) is 0 Å². The van der Waals surface area contributed by atoms with Gasteiger partial charge in [0, 0.05) is 23.3 Å². The average molecular weight is 355 g/mol. The number of nitrogens with zero attached hydrogens (tertiary/aromatic N) is 3. The molecule has 0 saturated carbocycles.